The lowest BCUT2D eigenvalue weighted by molar-refractivity contribution is -0.137. The molecule has 0 saturated heterocycles. The number of aliphatic carboxylic acids is 2. The average Bonchev–Trinajstić information content (AvgIpc) is 3.00. The third-order valence-electron chi connectivity index (χ3n) is 6.62. The highest BCUT2D eigenvalue weighted by Gasteiger charge is 1.93. The lowest BCUT2D eigenvalue weighted by Gasteiger charge is -2.00. The van der Waals surface area contributed by atoms with Gasteiger partial charge in [0.1, 0.15) is 0 Å². The predicted octanol–water partition coefficient (Wildman–Crippen LogP) is 12.4. The summed E-state index contributed by atoms with van der Waals surface area (Å²) in [5.74, 6) is -1.63. The maximum absolute atomic E-state index is 10.3. The summed E-state index contributed by atoms with van der Waals surface area (Å²) >= 11 is 0. The molecule has 0 amide bonds. The van der Waals surface area contributed by atoms with E-state index in [1.807, 2.05) is 18.2 Å². The molecule has 4 nitrogen and oxygen atoms in total. The van der Waals surface area contributed by atoms with Gasteiger partial charge in [0.15, 0.2) is 0 Å². The van der Waals surface area contributed by atoms with Gasteiger partial charge in [0.2, 0.25) is 0 Å². The standard InChI is InChI=1S/2C20H32O2/c2*1-2-3-4-5-6-7-8-9-10-11-12-13-14-15-16-17-18-19-20(21)22/h12-19H,2-11H2,1H3,(H,21,22);6-7,9-10,12-13,15-16H,2-5,8,11,14,17-19H2,1H3,(H,21,22)/b13-12+,15-14+,17-16+,19-18+;7-6-,10-9-,13-12-,16-15-. The van der Waals surface area contributed by atoms with Crippen LogP contribution in [-0.4, -0.2) is 22.2 Å². The normalized spacial score (nSPS) is 12.4. The third kappa shape index (κ3) is 45.8. The summed E-state index contributed by atoms with van der Waals surface area (Å²) in [5, 5.41) is 16.9. The Labute approximate surface area is 270 Å². The fraction of sp³-hybridized carbons (Fsp3) is 0.550. The van der Waals surface area contributed by atoms with Gasteiger partial charge in [0.05, 0.1) is 0 Å². The van der Waals surface area contributed by atoms with Crippen LogP contribution in [0, 0.1) is 0 Å². The molecular formula is C40H64O4. The minimum Gasteiger partial charge on any atom is -0.481 e. The topological polar surface area (TPSA) is 74.6 Å². The lowest BCUT2D eigenvalue weighted by atomic mass is 10.1. The molecule has 0 aromatic carbocycles. The number of allylic oxidation sites excluding steroid dienone is 15. The van der Waals surface area contributed by atoms with Crippen molar-refractivity contribution in [3.8, 4) is 0 Å². The molecule has 0 aromatic heterocycles. The van der Waals surface area contributed by atoms with E-state index in [0.717, 1.165) is 44.6 Å². The van der Waals surface area contributed by atoms with Crippen molar-refractivity contribution in [1.82, 2.24) is 0 Å². The van der Waals surface area contributed by atoms with Gasteiger partial charge in [-0.1, -0.05) is 169 Å². The second-order valence-corrected chi connectivity index (χ2v) is 10.9. The zero-order valence-corrected chi connectivity index (χ0v) is 28.1. The minimum atomic E-state index is -0.922. The summed E-state index contributed by atoms with van der Waals surface area (Å²) in [6, 6.07) is 0. The van der Waals surface area contributed by atoms with Crippen LogP contribution in [0.2, 0.25) is 0 Å². The Morgan fingerprint density at radius 1 is 0.432 bits per heavy atom. The summed E-state index contributed by atoms with van der Waals surface area (Å²) in [5.41, 5.74) is 0. The van der Waals surface area contributed by atoms with Gasteiger partial charge in [-0.3, -0.25) is 4.79 Å². The molecule has 0 bridgehead atoms. The molecule has 4 heteroatoms. The maximum Gasteiger partial charge on any atom is 0.328 e. The zero-order chi connectivity index (χ0) is 32.6. The first-order chi connectivity index (χ1) is 21.5. The van der Waals surface area contributed by atoms with E-state index in [2.05, 4.69) is 74.6 Å². The molecule has 0 aliphatic carbocycles. The van der Waals surface area contributed by atoms with E-state index in [-0.39, 0.29) is 6.42 Å². The fourth-order valence-corrected chi connectivity index (χ4v) is 4.07. The first-order valence-electron chi connectivity index (χ1n) is 17.3. The van der Waals surface area contributed by atoms with E-state index >= 15 is 0 Å². The first-order valence-corrected chi connectivity index (χ1v) is 17.3. The van der Waals surface area contributed by atoms with Gasteiger partial charge >= 0.3 is 11.9 Å². The van der Waals surface area contributed by atoms with Crippen LogP contribution in [0.3, 0.4) is 0 Å². The van der Waals surface area contributed by atoms with E-state index in [4.69, 9.17) is 10.2 Å². The highest BCUT2D eigenvalue weighted by molar-refractivity contribution is 5.80. The van der Waals surface area contributed by atoms with E-state index in [0.29, 0.717) is 0 Å². The van der Waals surface area contributed by atoms with E-state index in [9.17, 15) is 9.59 Å². The number of carboxylic acids is 2. The lowest BCUT2D eigenvalue weighted by Crippen LogP contribution is -1.92. The third-order valence-corrected chi connectivity index (χ3v) is 6.62. The molecule has 0 radical (unpaired) electrons. The van der Waals surface area contributed by atoms with E-state index in [1.165, 1.54) is 89.5 Å². The van der Waals surface area contributed by atoms with Crippen molar-refractivity contribution in [3.63, 3.8) is 0 Å². The van der Waals surface area contributed by atoms with Crippen LogP contribution in [0.4, 0.5) is 0 Å². The van der Waals surface area contributed by atoms with Crippen molar-refractivity contribution in [2.45, 2.75) is 142 Å². The van der Waals surface area contributed by atoms with Crippen molar-refractivity contribution < 1.29 is 19.8 Å². The number of unbranched alkanes of at least 4 members (excludes halogenated alkanes) is 13. The average molecular weight is 609 g/mol. The van der Waals surface area contributed by atoms with Crippen LogP contribution in [0.15, 0.2) is 97.2 Å². The molecule has 0 aliphatic heterocycles. The minimum absolute atomic E-state index is 0.262. The maximum atomic E-state index is 10.3. The summed E-state index contributed by atoms with van der Waals surface area (Å²) in [4.78, 5) is 20.5. The molecule has 0 aliphatic rings. The van der Waals surface area contributed by atoms with Crippen LogP contribution >= 0.6 is 0 Å². The molecule has 0 heterocycles. The van der Waals surface area contributed by atoms with Crippen LogP contribution in [0.1, 0.15) is 142 Å². The zero-order valence-electron chi connectivity index (χ0n) is 28.1. The molecule has 0 unspecified atom stereocenters. The summed E-state index contributed by atoms with van der Waals surface area (Å²) in [6.45, 7) is 4.49. The molecule has 0 aromatic rings. The Morgan fingerprint density at radius 2 is 0.818 bits per heavy atom. The SMILES string of the molecule is CCCCC/C=C\C/C=C\C/C=C\C/C=C\CCCC(=O)O.CCCCCCCCCCC/C=C/C=C/C=C/C=C/C(=O)O. The second-order valence-electron chi connectivity index (χ2n) is 10.9. The van der Waals surface area contributed by atoms with Crippen molar-refractivity contribution in [2.24, 2.45) is 0 Å². The van der Waals surface area contributed by atoms with Crippen LogP contribution in [0.25, 0.3) is 0 Å². The molecule has 0 atom stereocenters. The first kappa shape index (κ1) is 43.0. The smallest absolute Gasteiger partial charge is 0.328 e. The van der Waals surface area contributed by atoms with Crippen LogP contribution in [0.5, 0.6) is 0 Å². The Bertz CT molecular complexity index is 868. The van der Waals surface area contributed by atoms with Gasteiger partial charge in [-0.25, -0.2) is 4.79 Å². The summed E-state index contributed by atoms with van der Waals surface area (Å²) < 4.78 is 0. The quantitative estimate of drug-likeness (QED) is 0.0401. The highest BCUT2D eigenvalue weighted by atomic mass is 16.4. The van der Waals surface area contributed by atoms with Crippen LogP contribution in [-0.2, 0) is 9.59 Å². The van der Waals surface area contributed by atoms with Gasteiger partial charge in [-0.15, -0.1) is 0 Å². The molecule has 0 spiro atoms. The number of hydrogen-bond donors (Lipinski definition) is 2. The molecular weight excluding hydrogens is 544 g/mol. The number of rotatable bonds is 28. The number of carboxylic acid groups (broad SMARTS) is 2. The summed E-state index contributed by atoms with van der Waals surface area (Å²) in [7, 11) is 0. The Kier molecular flexibility index (Phi) is 38.9. The fourth-order valence-electron chi connectivity index (χ4n) is 4.07. The van der Waals surface area contributed by atoms with Crippen molar-refractivity contribution in [2.75, 3.05) is 0 Å². The van der Waals surface area contributed by atoms with Crippen molar-refractivity contribution >= 4 is 11.9 Å². The molecule has 2 N–H and O–H groups in total. The molecule has 44 heavy (non-hydrogen) atoms. The van der Waals surface area contributed by atoms with Gasteiger partial charge in [-0.05, 0) is 57.8 Å². The highest BCUT2D eigenvalue weighted by Crippen LogP contribution is 2.10. The van der Waals surface area contributed by atoms with Gasteiger partial charge in [0, 0.05) is 12.5 Å². The van der Waals surface area contributed by atoms with E-state index < -0.39 is 11.9 Å². The monoisotopic (exact) mass is 608 g/mol. The van der Waals surface area contributed by atoms with Crippen molar-refractivity contribution in [1.29, 1.82) is 0 Å². The Balaban J connectivity index is 0. The largest absolute Gasteiger partial charge is 0.481 e. The molecule has 248 valence electrons. The van der Waals surface area contributed by atoms with Crippen LogP contribution < -0.4 is 0 Å². The van der Waals surface area contributed by atoms with Gasteiger partial charge in [0.25, 0.3) is 0 Å². The van der Waals surface area contributed by atoms with Gasteiger partial charge in [-0.2, -0.15) is 0 Å². The molecule has 0 rings (SSSR count). The van der Waals surface area contributed by atoms with Crippen molar-refractivity contribution in [3.05, 3.63) is 97.2 Å². The molecule has 0 saturated carbocycles. The molecule has 0 fully saturated rings. The number of hydrogen-bond acceptors (Lipinski definition) is 2. The second kappa shape index (κ2) is 39.9. The number of carbonyl (C=O) groups is 2. The van der Waals surface area contributed by atoms with E-state index in [1.54, 1.807) is 6.08 Å². The summed E-state index contributed by atoms with van der Waals surface area (Å²) in [6.07, 6.45) is 55.1. The Hall–Kier alpha value is -3.14. The van der Waals surface area contributed by atoms with Gasteiger partial charge < -0.3 is 10.2 Å². The predicted molar refractivity (Wildman–Crippen MR) is 192 cm³/mol. The Morgan fingerprint density at radius 3 is 1.34 bits per heavy atom.